The van der Waals surface area contributed by atoms with Gasteiger partial charge in [0.2, 0.25) is 5.95 Å². The summed E-state index contributed by atoms with van der Waals surface area (Å²) in [6, 6.07) is 18.0. The molecule has 5 heteroatoms. The zero-order chi connectivity index (χ0) is 17.5. The summed E-state index contributed by atoms with van der Waals surface area (Å²) in [5.74, 6) is 0.775. The van der Waals surface area contributed by atoms with Crippen molar-refractivity contribution in [3.63, 3.8) is 0 Å². The monoisotopic (exact) mass is 361 g/mol. The zero-order valence-electron chi connectivity index (χ0n) is 14.4. The number of hydrogen-bond acceptors (Lipinski definition) is 4. The first-order chi connectivity index (χ1) is 12.8. The molecular weight excluding hydrogens is 342 g/mol. The van der Waals surface area contributed by atoms with E-state index in [4.69, 9.17) is 4.98 Å². The van der Waals surface area contributed by atoms with Gasteiger partial charge >= 0.3 is 0 Å². The Morgan fingerprint density at radius 1 is 0.885 bits per heavy atom. The molecule has 0 unspecified atom stereocenters. The molecule has 0 aliphatic carbocycles. The number of anilines is 1. The van der Waals surface area contributed by atoms with E-state index in [1.807, 2.05) is 42.5 Å². The van der Waals surface area contributed by atoms with E-state index >= 15 is 0 Å². The van der Waals surface area contributed by atoms with Crippen molar-refractivity contribution in [3.05, 3.63) is 65.0 Å². The number of piperidine rings is 1. The molecule has 0 bridgehead atoms. The topological polar surface area (TPSA) is 38.1 Å². The molecule has 26 heavy (non-hydrogen) atoms. The first-order valence-corrected chi connectivity index (χ1v) is 9.89. The van der Waals surface area contributed by atoms with Gasteiger partial charge in [0.05, 0.1) is 11.2 Å². The second-order valence-corrected chi connectivity index (χ2v) is 7.76. The van der Waals surface area contributed by atoms with E-state index in [2.05, 4.69) is 17.0 Å². The highest BCUT2D eigenvalue weighted by molar-refractivity contribution is 7.25. The molecule has 2 aromatic carbocycles. The lowest BCUT2D eigenvalue weighted by atomic mass is 10.1. The molecule has 0 radical (unpaired) electrons. The number of aromatic nitrogens is 2. The maximum Gasteiger partial charge on any atom is 0.277 e. The summed E-state index contributed by atoms with van der Waals surface area (Å²) in [4.78, 5) is 20.8. The third kappa shape index (κ3) is 2.42. The SMILES string of the molecule is O=c1c2sc3ccccc3c2nc(N2CCCCC2)n1-c1ccccc1. The third-order valence-electron chi connectivity index (χ3n) is 5.03. The van der Waals surface area contributed by atoms with Crippen molar-refractivity contribution >= 4 is 37.6 Å². The van der Waals surface area contributed by atoms with Gasteiger partial charge in [-0.2, -0.15) is 0 Å². The Morgan fingerprint density at radius 3 is 2.42 bits per heavy atom. The van der Waals surface area contributed by atoms with Gasteiger partial charge in [0.15, 0.2) is 0 Å². The lowest BCUT2D eigenvalue weighted by Crippen LogP contribution is -2.35. The molecule has 0 saturated carbocycles. The number of fused-ring (bicyclic) bond motifs is 3. The first kappa shape index (κ1) is 15.6. The molecule has 1 saturated heterocycles. The molecule has 1 fully saturated rings. The van der Waals surface area contributed by atoms with Crippen LogP contribution < -0.4 is 10.5 Å². The molecule has 5 rings (SSSR count). The predicted octanol–water partition coefficient (Wildman–Crippen LogP) is 4.59. The lowest BCUT2D eigenvalue weighted by Gasteiger charge is -2.29. The smallest absolute Gasteiger partial charge is 0.277 e. The van der Waals surface area contributed by atoms with Crippen LogP contribution in [0.5, 0.6) is 0 Å². The van der Waals surface area contributed by atoms with Crippen molar-refractivity contribution in [2.24, 2.45) is 0 Å². The molecule has 130 valence electrons. The Labute approximate surface area is 155 Å². The number of rotatable bonds is 2. The number of benzene rings is 2. The van der Waals surface area contributed by atoms with Crippen LogP contribution >= 0.6 is 11.3 Å². The van der Waals surface area contributed by atoms with Crippen molar-refractivity contribution in [2.45, 2.75) is 19.3 Å². The van der Waals surface area contributed by atoms with E-state index in [0.29, 0.717) is 0 Å². The summed E-state index contributed by atoms with van der Waals surface area (Å²) < 4.78 is 3.64. The van der Waals surface area contributed by atoms with Crippen molar-refractivity contribution in [1.29, 1.82) is 0 Å². The summed E-state index contributed by atoms with van der Waals surface area (Å²) in [6.07, 6.45) is 3.54. The Morgan fingerprint density at radius 2 is 1.62 bits per heavy atom. The zero-order valence-corrected chi connectivity index (χ0v) is 15.2. The molecule has 0 spiro atoms. The van der Waals surface area contributed by atoms with Crippen LogP contribution in [-0.4, -0.2) is 22.6 Å². The molecule has 3 heterocycles. The fraction of sp³-hybridized carbons (Fsp3) is 0.238. The largest absolute Gasteiger partial charge is 0.342 e. The van der Waals surface area contributed by atoms with E-state index in [-0.39, 0.29) is 5.56 Å². The number of thiophene rings is 1. The van der Waals surface area contributed by atoms with Crippen molar-refractivity contribution in [3.8, 4) is 5.69 Å². The molecular formula is C21H19N3OS. The van der Waals surface area contributed by atoms with Crippen LogP contribution in [0.15, 0.2) is 59.4 Å². The fourth-order valence-electron chi connectivity index (χ4n) is 3.75. The van der Waals surface area contributed by atoms with Gasteiger partial charge in [0.1, 0.15) is 4.70 Å². The minimum absolute atomic E-state index is 0.0305. The predicted molar refractivity (Wildman–Crippen MR) is 109 cm³/mol. The highest BCUT2D eigenvalue weighted by Gasteiger charge is 2.22. The van der Waals surface area contributed by atoms with E-state index < -0.39 is 0 Å². The summed E-state index contributed by atoms with van der Waals surface area (Å²) in [6.45, 7) is 1.90. The number of hydrogen-bond donors (Lipinski definition) is 0. The average Bonchev–Trinajstić information content (AvgIpc) is 3.08. The van der Waals surface area contributed by atoms with Gasteiger partial charge in [-0.15, -0.1) is 11.3 Å². The van der Waals surface area contributed by atoms with E-state index in [9.17, 15) is 4.79 Å². The van der Waals surface area contributed by atoms with Crippen LogP contribution in [0.2, 0.25) is 0 Å². The maximum atomic E-state index is 13.5. The minimum Gasteiger partial charge on any atom is -0.342 e. The van der Waals surface area contributed by atoms with E-state index in [1.165, 1.54) is 17.8 Å². The van der Waals surface area contributed by atoms with Crippen molar-refractivity contribution in [1.82, 2.24) is 9.55 Å². The van der Waals surface area contributed by atoms with Gasteiger partial charge in [-0.1, -0.05) is 36.4 Å². The summed E-state index contributed by atoms with van der Waals surface area (Å²) >= 11 is 1.54. The molecule has 1 aliphatic heterocycles. The number of para-hydroxylation sites is 1. The maximum absolute atomic E-state index is 13.5. The Balaban J connectivity index is 1.86. The van der Waals surface area contributed by atoms with Gasteiger partial charge in [0, 0.05) is 23.2 Å². The molecule has 1 aliphatic rings. The summed E-state index contributed by atoms with van der Waals surface area (Å²) in [5, 5.41) is 1.07. The fourth-order valence-corrected chi connectivity index (χ4v) is 4.82. The number of nitrogens with zero attached hydrogens (tertiary/aromatic N) is 3. The van der Waals surface area contributed by atoms with Gasteiger partial charge in [-0.25, -0.2) is 9.55 Å². The van der Waals surface area contributed by atoms with Crippen molar-refractivity contribution in [2.75, 3.05) is 18.0 Å². The van der Waals surface area contributed by atoms with E-state index in [1.54, 1.807) is 4.57 Å². The first-order valence-electron chi connectivity index (χ1n) is 9.07. The minimum atomic E-state index is 0.0305. The van der Waals surface area contributed by atoms with Gasteiger partial charge in [0.25, 0.3) is 5.56 Å². The molecule has 2 aromatic heterocycles. The van der Waals surface area contributed by atoms with Crippen LogP contribution in [0.3, 0.4) is 0 Å². The normalized spacial score (nSPS) is 15.0. The second kappa shape index (κ2) is 6.25. The van der Waals surface area contributed by atoms with Gasteiger partial charge < -0.3 is 4.90 Å². The molecule has 4 aromatic rings. The lowest BCUT2D eigenvalue weighted by molar-refractivity contribution is 0.563. The highest BCUT2D eigenvalue weighted by atomic mass is 32.1. The standard InChI is InChI=1S/C21H19N3OS/c25-20-19-18(16-11-5-6-12-17(16)26-19)22-21(23-13-7-2-8-14-23)24(20)15-9-3-1-4-10-15/h1,3-6,9-12H,2,7-8,13-14H2. The highest BCUT2D eigenvalue weighted by Crippen LogP contribution is 2.32. The third-order valence-corrected chi connectivity index (χ3v) is 6.18. The Kier molecular flexibility index (Phi) is 3.75. The van der Waals surface area contributed by atoms with Crippen LogP contribution in [-0.2, 0) is 0 Å². The molecule has 0 amide bonds. The van der Waals surface area contributed by atoms with Crippen LogP contribution in [0, 0.1) is 0 Å². The molecule has 0 atom stereocenters. The van der Waals surface area contributed by atoms with Crippen LogP contribution in [0.25, 0.3) is 26.0 Å². The van der Waals surface area contributed by atoms with Crippen molar-refractivity contribution < 1.29 is 0 Å². The van der Waals surface area contributed by atoms with Crippen LogP contribution in [0.1, 0.15) is 19.3 Å². The second-order valence-electron chi connectivity index (χ2n) is 6.71. The molecule has 4 nitrogen and oxygen atoms in total. The summed E-state index contributed by atoms with van der Waals surface area (Å²) in [7, 11) is 0. The summed E-state index contributed by atoms with van der Waals surface area (Å²) in [5.41, 5.74) is 1.75. The Bertz CT molecular complexity index is 1140. The van der Waals surface area contributed by atoms with Crippen LogP contribution in [0.4, 0.5) is 5.95 Å². The Hall–Kier alpha value is -2.66. The average molecular weight is 361 g/mol. The van der Waals surface area contributed by atoms with Gasteiger partial charge in [-0.3, -0.25) is 4.79 Å². The molecule has 0 N–H and O–H groups in total. The van der Waals surface area contributed by atoms with Gasteiger partial charge in [-0.05, 0) is 37.5 Å². The quantitative estimate of drug-likeness (QED) is 0.524. The van der Waals surface area contributed by atoms with E-state index in [0.717, 1.165) is 57.9 Å².